The minimum absolute atomic E-state index is 0.0232. The van der Waals surface area contributed by atoms with Crippen LogP contribution in [0.15, 0.2) is 64.7 Å². The molecule has 1 atom stereocenters. The molecule has 4 N–H and O–H groups in total. The van der Waals surface area contributed by atoms with Gasteiger partial charge in [-0.25, -0.2) is 14.4 Å². The van der Waals surface area contributed by atoms with Crippen LogP contribution in [0.1, 0.15) is 17.2 Å². The van der Waals surface area contributed by atoms with E-state index in [0.717, 1.165) is 29.3 Å². The Morgan fingerprint density at radius 1 is 1.03 bits per heavy atom. The number of fused-ring (bicyclic) bond motifs is 1. The summed E-state index contributed by atoms with van der Waals surface area (Å²) < 4.78 is 13.3. The van der Waals surface area contributed by atoms with Gasteiger partial charge < -0.3 is 15.3 Å². The van der Waals surface area contributed by atoms with E-state index in [9.17, 15) is 39.9 Å². The second-order valence-electron chi connectivity index (χ2n) is 6.54. The summed E-state index contributed by atoms with van der Waals surface area (Å²) in [4.78, 5) is 25.6. The molecule has 0 spiro atoms. The maximum Gasteiger partial charge on any atom is 0.319 e. The molecule has 4 rings (SSSR count). The van der Waals surface area contributed by atoms with E-state index in [-0.39, 0.29) is 17.2 Å². The zero-order chi connectivity index (χ0) is 22.4. The lowest BCUT2D eigenvalue weighted by atomic mass is 9.97. The minimum Gasteiger partial charge on any atom is -0.508 e. The number of nitro groups is 2. The van der Waals surface area contributed by atoms with Crippen molar-refractivity contribution >= 4 is 5.84 Å². The van der Waals surface area contributed by atoms with Gasteiger partial charge in [-0.15, -0.1) is 0 Å². The summed E-state index contributed by atoms with van der Waals surface area (Å²) in [5.41, 5.74) is 1.18. The predicted octanol–water partition coefficient (Wildman–Crippen LogP) is 1.87. The predicted molar refractivity (Wildman–Crippen MR) is 101 cm³/mol. The smallest absolute Gasteiger partial charge is 0.319 e. The average Bonchev–Trinajstić information content (AvgIpc) is 3.12. The van der Waals surface area contributed by atoms with Crippen LogP contribution in [0.5, 0.6) is 17.2 Å². The van der Waals surface area contributed by atoms with E-state index in [2.05, 4.69) is 10.4 Å². The number of benzene rings is 2. The number of amidine groups is 1. The van der Waals surface area contributed by atoms with Crippen molar-refractivity contribution in [1.82, 2.24) is 10.4 Å². The van der Waals surface area contributed by atoms with Crippen molar-refractivity contribution in [3.05, 3.63) is 96.9 Å². The van der Waals surface area contributed by atoms with Crippen LogP contribution in [0.4, 0.5) is 4.39 Å². The van der Waals surface area contributed by atoms with E-state index in [4.69, 9.17) is 0 Å². The molecule has 2 aromatic rings. The van der Waals surface area contributed by atoms with Crippen molar-refractivity contribution in [1.29, 1.82) is 0 Å². The van der Waals surface area contributed by atoms with Crippen molar-refractivity contribution in [3.8, 4) is 17.2 Å². The molecule has 1 unspecified atom stereocenters. The van der Waals surface area contributed by atoms with Gasteiger partial charge in [-0.3, -0.25) is 25.7 Å². The lowest BCUT2D eigenvalue weighted by Crippen LogP contribution is -2.42. The van der Waals surface area contributed by atoms with Crippen LogP contribution in [-0.2, 0) is 0 Å². The van der Waals surface area contributed by atoms with Gasteiger partial charge in [0.2, 0.25) is 5.82 Å². The summed E-state index contributed by atoms with van der Waals surface area (Å²) in [5.74, 6) is -2.70. The molecular formula is C18H12FN5O7. The van der Waals surface area contributed by atoms with Gasteiger partial charge >= 0.3 is 5.70 Å². The Bertz CT molecular complexity index is 1200. The summed E-state index contributed by atoms with van der Waals surface area (Å²) >= 11 is 0. The number of nitrogens with zero attached hydrogens (tertiary/aromatic N) is 4. The number of hydrogen-bond donors (Lipinski definition) is 4. The SMILES string of the molecule is O=[N+]([O-])C1=CC([N+](=O)[O-])=C2N=C(c3ccc(F)cc3)NN2C1c1c(O)cc(O)cc1O. The van der Waals surface area contributed by atoms with Crippen molar-refractivity contribution < 1.29 is 29.6 Å². The quantitative estimate of drug-likeness (QED) is 0.418. The van der Waals surface area contributed by atoms with E-state index in [1.165, 1.54) is 12.1 Å². The molecule has 2 aliphatic rings. The Hall–Kier alpha value is -4.68. The van der Waals surface area contributed by atoms with Crippen LogP contribution in [0.3, 0.4) is 0 Å². The van der Waals surface area contributed by atoms with E-state index in [0.29, 0.717) is 11.6 Å². The number of hydrogen-bond acceptors (Lipinski definition) is 10. The van der Waals surface area contributed by atoms with E-state index >= 15 is 0 Å². The Labute approximate surface area is 171 Å². The van der Waals surface area contributed by atoms with Crippen LogP contribution in [0, 0.1) is 26.0 Å². The second kappa shape index (κ2) is 6.98. The zero-order valence-electron chi connectivity index (χ0n) is 15.3. The molecular weight excluding hydrogens is 417 g/mol. The number of aliphatic imine (C=N–C) groups is 1. The number of hydrazine groups is 1. The second-order valence-corrected chi connectivity index (χ2v) is 6.54. The largest absolute Gasteiger partial charge is 0.508 e. The minimum atomic E-state index is -1.56. The number of halogens is 1. The lowest BCUT2D eigenvalue weighted by molar-refractivity contribution is -0.445. The highest BCUT2D eigenvalue weighted by molar-refractivity contribution is 6.00. The van der Waals surface area contributed by atoms with E-state index in [1.807, 2.05) is 0 Å². The van der Waals surface area contributed by atoms with Gasteiger partial charge in [0.05, 0.1) is 21.5 Å². The van der Waals surface area contributed by atoms with Crippen molar-refractivity contribution in [2.75, 3.05) is 0 Å². The number of phenolic OH excluding ortho intramolecular Hbond substituents is 3. The molecule has 2 aliphatic heterocycles. The van der Waals surface area contributed by atoms with Crippen molar-refractivity contribution in [2.45, 2.75) is 6.04 Å². The fourth-order valence-corrected chi connectivity index (χ4v) is 3.32. The first-order chi connectivity index (χ1) is 14.7. The third-order valence-corrected chi connectivity index (χ3v) is 4.64. The first kappa shape index (κ1) is 19.6. The van der Waals surface area contributed by atoms with Crippen LogP contribution < -0.4 is 5.43 Å². The summed E-state index contributed by atoms with van der Waals surface area (Å²) in [6.07, 6.45) is 0.682. The molecule has 0 aliphatic carbocycles. The molecule has 31 heavy (non-hydrogen) atoms. The summed E-state index contributed by atoms with van der Waals surface area (Å²) in [7, 11) is 0. The zero-order valence-corrected chi connectivity index (χ0v) is 15.3. The van der Waals surface area contributed by atoms with Gasteiger partial charge in [-0.05, 0) is 24.3 Å². The van der Waals surface area contributed by atoms with Crippen LogP contribution in [0.25, 0.3) is 0 Å². The van der Waals surface area contributed by atoms with Gasteiger partial charge in [0.15, 0.2) is 11.9 Å². The lowest BCUT2D eigenvalue weighted by Gasteiger charge is -2.30. The summed E-state index contributed by atoms with van der Waals surface area (Å²) in [6.45, 7) is 0. The monoisotopic (exact) mass is 429 g/mol. The Morgan fingerprint density at radius 3 is 2.19 bits per heavy atom. The summed E-state index contributed by atoms with van der Waals surface area (Å²) in [5, 5.41) is 54.3. The molecule has 0 saturated heterocycles. The fraction of sp³-hybridized carbons (Fsp3) is 0.0556. The van der Waals surface area contributed by atoms with Crippen molar-refractivity contribution in [3.63, 3.8) is 0 Å². The molecule has 12 nitrogen and oxygen atoms in total. The summed E-state index contributed by atoms with van der Waals surface area (Å²) in [6, 6.07) is 5.12. The Kier molecular flexibility index (Phi) is 4.42. The third kappa shape index (κ3) is 3.23. The maximum absolute atomic E-state index is 13.3. The van der Waals surface area contributed by atoms with E-state index < -0.39 is 50.3 Å². The van der Waals surface area contributed by atoms with Crippen LogP contribution in [-0.4, -0.2) is 36.0 Å². The normalized spacial score (nSPS) is 17.6. The highest BCUT2D eigenvalue weighted by atomic mass is 19.1. The molecule has 2 heterocycles. The standard InChI is InChI=1S/C18H12FN5O7/c19-9-3-1-8(2-4-9)17-20-18-12(24(30)31)7-11(23(28)29)16(22(18)21-17)15-13(26)5-10(25)6-14(15)27/h1-7,16,25-27H,(H,20,21). The Morgan fingerprint density at radius 2 is 1.65 bits per heavy atom. The third-order valence-electron chi connectivity index (χ3n) is 4.64. The molecule has 0 amide bonds. The molecule has 0 radical (unpaired) electrons. The van der Waals surface area contributed by atoms with Gasteiger partial charge in [-0.2, -0.15) is 0 Å². The van der Waals surface area contributed by atoms with Gasteiger partial charge in [0, 0.05) is 17.7 Å². The van der Waals surface area contributed by atoms with Crippen molar-refractivity contribution in [2.24, 2.45) is 4.99 Å². The average molecular weight is 429 g/mol. The molecule has 0 bridgehead atoms. The van der Waals surface area contributed by atoms with Gasteiger partial charge in [-0.1, -0.05) is 0 Å². The fourth-order valence-electron chi connectivity index (χ4n) is 3.32. The van der Waals surface area contributed by atoms with Crippen LogP contribution in [0.2, 0.25) is 0 Å². The van der Waals surface area contributed by atoms with Gasteiger partial charge in [0.25, 0.3) is 5.70 Å². The molecule has 2 aromatic carbocycles. The van der Waals surface area contributed by atoms with E-state index in [1.54, 1.807) is 0 Å². The van der Waals surface area contributed by atoms with Gasteiger partial charge in [0.1, 0.15) is 23.1 Å². The maximum atomic E-state index is 13.3. The van der Waals surface area contributed by atoms with Crippen LogP contribution >= 0.6 is 0 Å². The number of rotatable bonds is 4. The first-order valence-electron chi connectivity index (χ1n) is 8.57. The Balaban J connectivity index is 1.92. The number of aromatic hydroxyl groups is 3. The molecule has 0 fully saturated rings. The number of nitrogens with one attached hydrogen (secondary N) is 1. The molecule has 0 aromatic heterocycles. The first-order valence-corrected chi connectivity index (χ1v) is 8.57. The molecule has 0 saturated carbocycles. The number of allylic oxidation sites excluding steroid dienone is 1. The topological polar surface area (TPSA) is 175 Å². The highest BCUT2D eigenvalue weighted by Gasteiger charge is 2.48. The molecule has 13 heteroatoms. The number of phenols is 3. The molecule has 158 valence electrons. The highest BCUT2D eigenvalue weighted by Crippen LogP contribution is 2.46.